The van der Waals surface area contributed by atoms with E-state index in [-0.39, 0.29) is 0 Å². The zero-order chi connectivity index (χ0) is 13.1. The van der Waals surface area contributed by atoms with Gasteiger partial charge in [-0.3, -0.25) is 4.98 Å². The maximum absolute atomic E-state index is 4.47. The Labute approximate surface area is 120 Å². The Balaban J connectivity index is 1.84. The van der Waals surface area contributed by atoms with Crippen molar-refractivity contribution in [3.05, 3.63) is 36.3 Å². The molecule has 3 rings (SSSR count). The van der Waals surface area contributed by atoms with Crippen LogP contribution in [0.5, 0.6) is 0 Å². The summed E-state index contributed by atoms with van der Waals surface area (Å²) in [5.74, 6) is 0. The van der Waals surface area contributed by atoms with Crippen molar-refractivity contribution in [3.8, 4) is 0 Å². The fourth-order valence-corrected chi connectivity index (χ4v) is 3.57. The normalized spacial score (nSPS) is 16.4. The summed E-state index contributed by atoms with van der Waals surface area (Å²) in [6.07, 6.45) is 6.97. The van der Waals surface area contributed by atoms with Gasteiger partial charge in [0.2, 0.25) is 0 Å². The van der Waals surface area contributed by atoms with E-state index >= 15 is 0 Å². The van der Waals surface area contributed by atoms with Crippen LogP contribution in [0.15, 0.2) is 40.5 Å². The first-order chi connectivity index (χ1) is 9.33. The smallest absolute Gasteiger partial charge is 0.142 e. The van der Waals surface area contributed by atoms with Crippen LogP contribution in [0, 0.1) is 0 Å². The summed E-state index contributed by atoms with van der Waals surface area (Å²) in [5.41, 5.74) is 2.33. The van der Waals surface area contributed by atoms with E-state index in [1.54, 1.807) is 24.2 Å². The lowest BCUT2D eigenvalue weighted by Crippen LogP contribution is -2.25. The molecule has 0 aliphatic carbocycles. The van der Waals surface area contributed by atoms with E-state index in [1.165, 1.54) is 17.3 Å². The predicted octanol–water partition coefficient (Wildman–Crippen LogP) is 2.80. The molecule has 6 heteroatoms. The number of likely N-dealkylation sites (N-methyl/N-ethyl adjacent to an activating group) is 1. The average molecular weight is 290 g/mol. The molecule has 0 unspecified atom stereocenters. The summed E-state index contributed by atoms with van der Waals surface area (Å²) in [4.78, 5) is 7.49. The van der Waals surface area contributed by atoms with Crippen molar-refractivity contribution in [3.63, 3.8) is 0 Å². The lowest BCUT2D eigenvalue weighted by molar-refractivity contribution is 0.372. The van der Waals surface area contributed by atoms with Gasteiger partial charge in [0.1, 0.15) is 10.7 Å². The number of hydrogen-bond acceptors (Lipinski definition) is 6. The Bertz CT molecular complexity index is 579. The van der Waals surface area contributed by atoms with Crippen LogP contribution in [0.1, 0.15) is 12.1 Å². The minimum Gasteiger partial charge on any atom is -0.302 e. The molecule has 2 aromatic heterocycles. The third-order valence-corrected chi connectivity index (χ3v) is 4.60. The van der Waals surface area contributed by atoms with Crippen LogP contribution < -0.4 is 0 Å². The first-order valence-corrected chi connectivity index (χ1v) is 7.66. The van der Waals surface area contributed by atoms with Crippen LogP contribution in [-0.2, 0) is 0 Å². The molecule has 0 N–H and O–H groups in total. The number of aromatic nitrogens is 3. The van der Waals surface area contributed by atoms with E-state index in [4.69, 9.17) is 0 Å². The van der Waals surface area contributed by atoms with Gasteiger partial charge in [0.25, 0.3) is 0 Å². The SMILES string of the molecule is CN1CCC=C(c2nsnc2Sc2ccncc2)C1. The van der Waals surface area contributed by atoms with Crippen molar-refractivity contribution >= 4 is 29.1 Å². The molecule has 0 atom stereocenters. The van der Waals surface area contributed by atoms with Crippen LogP contribution in [0.25, 0.3) is 5.57 Å². The van der Waals surface area contributed by atoms with Gasteiger partial charge in [-0.25, -0.2) is 0 Å². The molecule has 1 aliphatic rings. The first kappa shape index (κ1) is 12.8. The van der Waals surface area contributed by atoms with Gasteiger partial charge in [-0.05, 0) is 31.2 Å². The van der Waals surface area contributed by atoms with Gasteiger partial charge in [-0.15, -0.1) is 0 Å². The molecule has 0 bridgehead atoms. The lowest BCUT2D eigenvalue weighted by atomic mass is 10.1. The van der Waals surface area contributed by atoms with E-state index < -0.39 is 0 Å². The van der Waals surface area contributed by atoms with Crippen molar-refractivity contribution in [1.29, 1.82) is 0 Å². The lowest BCUT2D eigenvalue weighted by Gasteiger charge is -2.22. The van der Waals surface area contributed by atoms with Crippen molar-refractivity contribution < 1.29 is 0 Å². The number of hydrogen-bond donors (Lipinski definition) is 0. The maximum Gasteiger partial charge on any atom is 0.142 e. The van der Waals surface area contributed by atoms with E-state index in [9.17, 15) is 0 Å². The first-order valence-electron chi connectivity index (χ1n) is 6.11. The van der Waals surface area contributed by atoms with E-state index in [2.05, 4.69) is 31.8 Å². The largest absolute Gasteiger partial charge is 0.302 e. The Morgan fingerprint density at radius 2 is 2.11 bits per heavy atom. The molecular weight excluding hydrogens is 276 g/mol. The highest BCUT2D eigenvalue weighted by atomic mass is 32.2. The third-order valence-electron chi connectivity index (χ3n) is 2.97. The summed E-state index contributed by atoms with van der Waals surface area (Å²) in [6, 6.07) is 3.99. The van der Waals surface area contributed by atoms with Gasteiger partial charge >= 0.3 is 0 Å². The number of pyridine rings is 1. The highest BCUT2D eigenvalue weighted by molar-refractivity contribution is 7.99. The van der Waals surface area contributed by atoms with E-state index in [0.29, 0.717) is 0 Å². The molecule has 0 amide bonds. The topological polar surface area (TPSA) is 41.9 Å². The molecule has 3 heterocycles. The summed E-state index contributed by atoms with van der Waals surface area (Å²) in [6.45, 7) is 2.07. The number of nitrogens with zero attached hydrogens (tertiary/aromatic N) is 4. The second-order valence-corrected chi connectivity index (χ2v) is 6.05. The highest BCUT2D eigenvalue weighted by Gasteiger charge is 2.18. The Morgan fingerprint density at radius 1 is 1.26 bits per heavy atom. The molecule has 4 nitrogen and oxygen atoms in total. The van der Waals surface area contributed by atoms with Crippen LogP contribution in [0.4, 0.5) is 0 Å². The zero-order valence-electron chi connectivity index (χ0n) is 10.6. The molecule has 0 saturated heterocycles. The second kappa shape index (κ2) is 5.81. The molecule has 19 heavy (non-hydrogen) atoms. The van der Waals surface area contributed by atoms with Crippen molar-refractivity contribution in [2.45, 2.75) is 16.3 Å². The number of rotatable bonds is 3. The average Bonchev–Trinajstić information content (AvgIpc) is 2.88. The minimum absolute atomic E-state index is 0.954. The maximum atomic E-state index is 4.47. The van der Waals surface area contributed by atoms with Gasteiger partial charge in [0.15, 0.2) is 0 Å². The molecule has 0 aromatic carbocycles. The zero-order valence-corrected chi connectivity index (χ0v) is 12.2. The molecular formula is C13H14N4S2. The molecule has 0 fully saturated rings. The quantitative estimate of drug-likeness (QED) is 0.869. The van der Waals surface area contributed by atoms with Crippen LogP contribution in [0.3, 0.4) is 0 Å². The van der Waals surface area contributed by atoms with Crippen molar-refractivity contribution in [1.82, 2.24) is 18.6 Å². The highest BCUT2D eigenvalue weighted by Crippen LogP contribution is 2.33. The fourth-order valence-electron chi connectivity index (χ4n) is 2.03. The van der Waals surface area contributed by atoms with Crippen LogP contribution >= 0.6 is 23.5 Å². The molecule has 1 aliphatic heterocycles. The molecule has 0 saturated carbocycles. The molecule has 2 aromatic rings. The molecule has 0 radical (unpaired) electrons. The van der Waals surface area contributed by atoms with Crippen LogP contribution in [0.2, 0.25) is 0 Å². The predicted molar refractivity (Wildman–Crippen MR) is 78.4 cm³/mol. The Hall–Kier alpha value is -1.24. The minimum atomic E-state index is 0.954. The van der Waals surface area contributed by atoms with E-state index in [0.717, 1.165) is 35.1 Å². The molecule has 98 valence electrons. The monoisotopic (exact) mass is 290 g/mol. The van der Waals surface area contributed by atoms with E-state index in [1.807, 2.05) is 12.1 Å². The van der Waals surface area contributed by atoms with Gasteiger partial charge in [0, 0.05) is 30.4 Å². The Kier molecular flexibility index (Phi) is 3.91. The fraction of sp³-hybridized carbons (Fsp3) is 0.308. The summed E-state index contributed by atoms with van der Waals surface area (Å²) in [5, 5.41) is 0.998. The van der Waals surface area contributed by atoms with Gasteiger partial charge in [-0.1, -0.05) is 17.8 Å². The van der Waals surface area contributed by atoms with Crippen molar-refractivity contribution in [2.24, 2.45) is 0 Å². The summed E-state index contributed by atoms with van der Waals surface area (Å²) >= 11 is 2.94. The van der Waals surface area contributed by atoms with Crippen LogP contribution in [-0.4, -0.2) is 38.8 Å². The Morgan fingerprint density at radius 3 is 2.89 bits per heavy atom. The third kappa shape index (κ3) is 3.02. The molecule has 0 spiro atoms. The summed E-state index contributed by atoms with van der Waals surface area (Å²) in [7, 11) is 2.14. The van der Waals surface area contributed by atoms with Gasteiger partial charge < -0.3 is 4.90 Å². The standard InChI is InChI=1S/C13H14N4S2/c1-17-8-2-3-10(9-17)12-13(16-19-15-12)18-11-4-6-14-7-5-11/h3-7H,2,8-9H2,1H3. The summed E-state index contributed by atoms with van der Waals surface area (Å²) < 4.78 is 8.90. The second-order valence-electron chi connectivity index (χ2n) is 4.46. The van der Waals surface area contributed by atoms with Gasteiger partial charge in [-0.2, -0.15) is 8.75 Å². The van der Waals surface area contributed by atoms with Crippen molar-refractivity contribution in [2.75, 3.05) is 20.1 Å². The van der Waals surface area contributed by atoms with Gasteiger partial charge in [0.05, 0.1) is 11.7 Å².